The number of nitro benzene ring substituents is 1. The minimum atomic E-state index is -0.754. The predicted molar refractivity (Wildman–Crippen MR) is 130 cm³/mol. The molecule has 1 aliphatic heterocycles. The number of benzene rings is 3. The number of hydrogen-bond donors (Lipinski definition) is 0. The number of carbonyl (C=O) groups excluding carboxylic acids is 1. The Balaban J connectivity index is 1.60. The second-order valence-corrected chi connectivity index (χ2v) is 8.60. The lowest BCUT2D eigenvalue weighted by Gasteiger charge is -2.25. The molecule has 0 fully saturated rings. The molecule has 1 aliphatic rings. The van der Waals surface area contributed by atoms with Gasteiger partial charge >= 0.3 is 0 Å². The van der Waals surface area contributed by atoms with Crippen LogP contribution in [0.3, 0.4) is 0 Å². The highest BCUT2D eigenvalue weighted by atomic mass is 35.5. The third-order valence-electron chi connectivity index (χ3n) is 6.15. The maximum Gasteiger partial charge on any atom is 0.290 e. The van der Waals surface area contributed by atoms with E-state index in [1.807, 2.05) is 24.3 Å². The SMILES string of the molecule is COc1ccc(CCN2C(=O)c3oc4ccc(Cl)cc4c(=O)c3[C@@H]2c2ccc([N+](=O)[O-])cc2)cc1. The van der Waals surface area contributed by atoms with Crippen LogP contribution in [0.5, 0.6) is 5.75 Å². The minimum absolute atomic E-state index is 0.0251. The Morgan fingerprint density at radius 1 is 1.06 bits per heavy atom. The number of halogens is 1. The minimum Gasteiger partial charge on any atom is -0.497 e. The standard InChI is InChI=1S/C26H19ClN2O6/c1-34-19-9-2-15(3-10-19)12-13-28-23(16-4-7-18(8-5-16)29(32)33)22-24(30)20-14-17(27)6-11-21(20)35-25(22)26(28)31/h2-11,14,23H,12-13H2,1H3/t23-/m0/s1. The van der Waals surface area contributed by atoms with Crippen molar-refractivity contribution >= 4 is 34.2 Å². The third kappa shape index (κ3) is 4.02. The van der Waals surface area contributed by atoms with Gasteiger partial charge in [0.2, 0.25) is 5.76 Å². The monoisotopic (exact) mass is 490 g/mol. The number of rotatable bonds is 6. The van der Waals surface area contributed by atoms with Gasteiger partial charge in [-0.15, -0.1) is 0 Å². The molecule has 0 saturated carbocycles. The number of ether oxygens (including phenoxy) is 1. The summed E-state index contributed by atoms with van der Waals surface area (Å²) in [6.07, 6.45) is 0.521. The second kappa shape index (κ2) is 8.88. The Kier molecular flexibility index (Phi) is 5.74. The maximum absolute atomic E-state index is 13.5. The van der Waals surface area contributed by atoms with Crippen LogP contribution >= 0.6 is 11.6 Å². The van der Waals surface area contributed by atoms with Gasteiger partial charge in [-0.2, -0.15) is 0 Å². The van der Waals surface area contributed by atoms with Gasteiger partial charge in [-0.05, 0) is 60.0 Å². The summed E-state index contributed by atoms with van der Waals surface area (Å²) in [5.41, 5.74) is 1.59. The fourth-order valence-corrected chi connectivity index (χ4v) is 4.56. The van der Waals surface area contributed by atoms with Crippen LogP contribution in [-0.2, 0) is 6.42 Å². The number of amides is 1. The molecule has 2 heterocycles. The summed E-state index contributed by atoms with van der Waals surface area (Å²) >= 11 is 6.11. The van der Waals surface area contributed by atoms with Gasteiger partial charge in [0, 0.05) is 23.7 Å². The second-order valence-electron chi connectivity index (χ2n) is 8.16. The zero-order valence-corrected chi connectivity index (χ0v) is 19.3. The average Bonchev–Trinajstić information content (AvgIpc) is 3.15. The van der Waals surface area contributed by atoms with E-state index in [4.69, 9.17) is 20.8 Å². The summed E-state index contributed by atoms with van der Waals surface area (Å²) in [4.78, 5) is 39.2. The Hall–Kier alpha value is -4.17. The number of nitrogens with zero attached hydrogens (tertiary/aromatic N) is 2. The lowest BCUT2D eigenvalue weighted by molar-refractivity contribution is -0.384. The molecule has 0 N–H and O–H groups in total. The van der Waals surface area contributed by atoms with E-state index < -0.39 is 16.9 Å². The molecular formula is C26H19ClN2O6. The molecule has 8 nitrogen and oxygen atoms in total. The van der Waals surface area contributed by atoms with E-state index in [9.17, 15) is 19.7 Å². The first kappa shape index (κ1) is 22.6. The van der Waals surface area contributed by atoms with E-state index in [2.05, 4.69) is 0 Å². The zero-order valence-electron chi connectivity index (χ0n) is 18.6. The number of fused-ring (bicyclic) bond motifs is 2. The molecule has 0 spiro atoms. The van der Waals surface area contributed by atoms with Crippen molar-refractivity contribution in [3.05, 3.63) is 115 Å². The molecule has 0 radical (unpaired) electrons. The smallest absolute Gasteiger partial charge is 0.290 e. The largest absolute Gasteiger partial charge is 0.497 e. The van der Waals surface area contributed by atoms with E-state index in [-0.39, 0.29) is 33.4 Å². The molecule has 9 heteroatoms. The van der Waals surface area contributed by atoms with Crippen LogP contribution in [0.15, 0.2) is 75.9 Å². The summed E-state index contributed by atoms with van der Waals surface area (Å²) in [7, 11) is 1.59. The van der Waals surface area contributed by atoms with Crippen molar-refractivity contribution in [2.45, 2.75) is 12.5 Å². The average molecular weight is 491 g/mol. The maximum atomic E-state index is 13.5. The topological polar surface area (TPSA) is 103 Å². The van der Waals surface area contributed by atoms with Crippen LogP contribution < -0.4 is 10.2 Å². The highest BCUT2D eigenvalue weighted by Crippen LogP contribution is 2.39. The Bertz CT molecular complexity index is 1510. The quantitative estimate of drug-likeness (QED) is 0.273. The van der Waals surface area contributed by atoms with Gasteiger partial charge in [0.05, 0.1) is 29.0 Å². The zero-order chi connectivity index (χ0) is 24.7. The highest BCUT2D eigenvalue weighted by Gasteiger charge is 2.42. The molecule has 0 aliphatic carbocycles. The summed E-state index contributed by atoms with van der Waals surface area (Å²) in [6, 6.07) is 17.3. The normalized spacial score (nSPS) is 14.9. The highest BCUT2D eigenvalue weighted by molar-refractivity contribution is 6.31. The Morgan fingerprint density at radius 2 is 1.77 bits per heavy atom. The Labute approximate surface area is 204 Å². The molecule has 176 valence electrons. The van der Waals surface area contributed by atoms with Gasteiger partial charge in [0.15, 0.2) is 5.43 Å². The van der Waals surface area contributed by atoms with Gasteiger partial charge < -0.3 is 14.1 Å². The van der Waals surface area contributed by atoms with Crippen molar-refractivity contribution in [3.63, 3.8) is 0 Å². The first-order valence-electron chi connectivity index (χ1n) is 10.8. The predicted octanol–water partition coefficient (Wildman–Crippen LogP) is 5.15. The van der Waals surface area contributed by atoms with Gasteiger partial charge in [0.25, 0.3) is 11.6 Å². The molecule has 1 aromatic heterocycles. The number of carbonyl (C=O) groups is 1. The van der Waals surface area contributed by atoms with Gasteiger partial charge in [-0.25, -0.2) is 0 Å². The lowest BCUT2D eigenvalue weighted by atomic mass is 9.98. The molecule has 1 atom stereocenters. The van der Waals surface area contributed by atoms with Crippen LogP contribution in [0.4, 0.5) is 5.69 Å². The van der Waals surface area contributed by atoms with Gasteiger partial charge in [-0.1, -0.05) is 23.7 Å². The number of hydrogen-bond acceptors (Lipinski definition) is 6. The number of non-ortho nitro benzene ring substituents is 1. The van der Waals surface area contributed by atoms with Gasteiger partial charge in [-0.3, -0.25) is 19.7 Å². The van der Waals surface area contributed by atoms with Crippen LogP contribution in [0.2, 0.25) is 5.02 Å². The van der Waals surface area contributed by atoms with Crippen molar-refractivity contribution in [2.75, 3.05) is 13.7 Å². The van der Waals surface area contributed by atoms with E-state index in [0.29, 0.717) is 23.6 Å². The summed E-state index contributed by atoms with van der Waals surface area (Å²) < 4.78 is 11.1. The lowest BCUT2D eigenvalue weighted by Crippen LogP contribution is -2.31. The third-order valence-corrected chi connectivity index (χ3v) is 6.38. The summed E-state index contributed by atoms with van der Waals surface area (Å²) in [5, 5.41) is 11.8. The van der Waals surface area contributed by atoms with Crippen molar-refractivity contribution < 1.29 is 18.9 Å². The number of nitro groups is 1. The van der Waals surface area contributed by atoms with Gasteiger partial charge in [0.1, 0.15) is 11.3 Å². The number of methoxy groups -OCH3 is 1. The van der Waals surface area contributed by atoms with E-state index in [1.54, 1.807) is 36.3 Å². The first-order valence-corrected chi connectivity index (χ1v) is 11.2. The van der Waals surface area contributed by atoms with E-state index >= 15 is 0 Å². The van der Waals surface area contributed by atoms with E-state index in [1.165, 1.54) is 18.2 Å². The molecular weight excluding hydrogens is 472 g/mol. The Morgan fingerprint density at radius 3 is 2.43 bits per heavy atom. The van der Waals surface area contributed by atoms with Crippen LogP contribution in [0.25, 0.3) is 11.0 Å². The molecule has 4 aromatic rings. The molecule has 0 unspecified atom stereocenters. The first-order chi connectivity index (χ1) is 16.9. The van der Waals surface area contributed by atoms with Crippen molar-refractivity contribution in [1.29, 1.82) is 0 Å². The summed E-state index contributed by atoms with van der Waals surface area (Å²) in [5.74, 6) is 0.288. The van der Waals surface area contributed by atoms with Crippen molar-refractivity contribution in [1.82, 2.24) is 4.90 Å². The van der Waals surface area contributed by atoms with E-state index in [0.717, 1.165) is 11.3 Å². The van der Waals surface area contributed by atoms with Crippen LogP contribution in [0.1, 0.15) is 33.3 Å². The molecule has 1 amide bonds. The molecule has 0 saturated heterocycles. The molecule has 35 heavy (non-hydrogen) atoms. The fourth-order valence-electron chi connectivity index (χ4n) is 4.39. The van der Waals surface area contributed by atoms with Crippen LogP contribution in [-0.4, -0.2) is 29.4 Å². The summed E-state index contributed by atoms with van der Waals surface area (Å²) in [6.45, 7) is 0.299. The molecule has 5 rings (SSSR count). The fraction of sp³-hybridized carbons (Fsp3) is 0.154. The molecule has 3 aromatic carbocycles. The van der Waals surface area contributed by atoms with Crippen molar-refractivity contribution in [2.24, 2.45) is 0 Å². The molecule has 0 bridgehead atoms. The van der Waals surface area contributed by atoms with Crippen molar-refractivity contribution in [3.8, 4) is 5.75 Å². The van der Waals surface area contributed by atoms with Crippen LogP contribution in [0, 0.1) is 10.1 Å².